The van der Waals surface area contributed by atoms with Gasteiger partial charge in [-0.15, -0.1) is 0 Å². The van der Waals surface area contributed by atoms with Crippen LogP contribution in [0.3, 0.4) is 0 Å². The Balaban J connectivity index is 1.65. The first-order valence-electron chi connectivity index (χ1n) is 11.1. The van der Waals surface area contributed by atoms with E-state index in [1.807, 2.05) is 45.0 Å². The zero-order valence-corrected chi connectivity index (χ0v) is 20.2. The summed E-state index contributed by atoms with van der Waals surface area (Å²) in [6.45, 7) is 6.00. The highest BCUT2D eigenvalue weighted by Gasteiger charge is 2.19. The molecular formula is C26H27N5O4. The number of methoxy groups -OCH3 is 2. The minimum absolute atomic E-state index is 0.0499. The summed E-state index contributed by atoms with van der Waals surface area (Å²) in [7, 11) is 3.00. The van der Waals surface area contributed by atoms with E-state index in [-0.39, 0.29) is 6.04 Å². The number of nitrogens with one attached hydrogen (secondary N) is 2. The molecule has 2 aromatic heterocycles. The van der Waals surface area contributed by atoms with Gasteiger partial charge in [-0.3, -0.25) is 20.4 Å². The Bertz CT molecular complexity index is 1390. The lowest BCUT2D eigenvalue weighted by atomic mass is 10.1. The van der Waals surface area contributed by atoms with Crippen LogP contribution in [0.25, 0.3) is 22.3 Å². The second-order valence-corrected chi connectivity index (χ2v) is 8.32. The second kappa shape index (κ2) is 9.84. The summed E-state index contributed by atoms with van der Waals surface area (Å²) >= 11 is 0. The van der Waals surface area contributed by atoms with Gasteiger partial charge in [-0.2, -0.15) is 5.10 Å². The fourth-order valence-corrected chi connectivity index (χ4v) is 3.69. The lowest BCUT2D eigenvalue weighted by Gasteiger charge is -2.12. The molecule has 0 atom stereocenters. The van der Waals surface area contributed by atoms with Gasteiger partial charge < -0.3 is 9.47 Å². The minimum Gasteiger partial charge on any atom is -0.493 e. The van der Waals surface area contributed by atoms with Crippen LogP contribution in [-0.2, 0) is 0 Å². The molecule has 0 radical (unpaired) electrons. The molecule has 0 aliphatic heterocycles. The molecule has 0 aliphatic carbocycles. The number of aromatic nitrogens is 3. The predicted molar refractivity (Wildman–Crippen MR) is 133 cm³/mol. The smallest absolute Gasteiger partial charge is 0.270 e. The van der Waals surface area contributed by atoms with Crippen LogP contribution in [-0.4, -0.2) is 40.8 Å². The van der Waals surface area contributed by atoms with Crippen molar-refractivity contribution < 1.29 is 19.1 Å². The molecule has 0 spiro atoms. The molecule has 9 nitrogen and oxygen atoms in total. The van der Waals surface area contributed by atoms with Gasteiger partial charge in [0.15, 0.2) is 17.1 Å². The van der Waals surface area contributed by atoms with Crippen molar-refractivity contribution in [2.45, 2.75) is 26.8 Å². The normalized spacial score (nSPS) is 10.9. The molecule has 2 heterocycles. The van der Waals surface area contributed by atoms with Gasteiger partial charge in [0.25, 0.3) is 11.8 Å². The van der Waals surface area contributed by atoms with Crippen LogP contribution < -0.4 is 20.3 Å². The first-order valence-corrected chi connectivity index (χ1v) is 11.1. The maximum atomic E-state index is 13.2. The van der Waals surface area contributed by atoms with Crippen LogP contribution in [0.4, 0.5) is 0 Å². The van der Waals surface area contributed by atoms with Crippen molar-refractivity contribution in [3.63, 3.8) is 0 Å². The lowest BCUT2D eigenvalue weighted by Crippen LogP contribution is -2.41. The van der Waals surface area contributed by atoms with Gasteiger partial charge in [-0.25, -0.2) is 9.67 Å². The Morgan fingerprint density at radius 1 is 0.914 bits per heavy atom. The monoisotopic (exact) mass is 473 g/mol. The first kappa shape index (κ1) is 23.7. The molecule has 2 amide bonds. The number of fused-ring (bicyclic) bond motifs is 1. The highest BCUT2D eigenvalue weighted by molar-refractivity contribution is 6.07. The third-order valence-electron chi connectivity index (χ3n) is 5.58. The summed E-state index contributed by atoms with van der Waals surface area (Å²) in [4.78, 5) is 30.7. The summed E-state index contributed by atoms with van der Waals surface area (Å²) in [5, 5.41) is 5.02. The summed E-state index contributed by atoms with van der Waals surface area (Å²) in [6, 6.07) is 14.4. The highest BCUT2D eigenvalue weighted by Crippen LogP contribution is 2.28. The number of rotatable bonds is 6. The SMILES string of the molecule is COc1ccc(C(=O)NNC(=O)c2cc(-c3ccc(C)cc3)nc3c2cnn3C(C)C)cc1OC. The Kier molecular flexibility index (Phi) is 6.68. The molecule has 0 aliphatic rings. The van der Waals surface area contributed by atoms with E-state index in [0.29, 0.717) is 39.4 Å². The van der Waals surface area contributed by atoms with Crippen LogP contribution in [0.15, 0.2) is 54.7 Å². The third kappa shape index (κ3) is 4.79. The fourth-order valence-electron chi connectivity index (χ4n) is 3.69. The molecule has 35 heavy (non-hydrogen) atoms. The molecule has 0 saturated carbocycles. The van der Waals surface area contributed by atoms with Crippen molar-refractivity contribution in [1.82, 2.24) is 25.6 Å². The number of amides is 2. The molecule has 0 bridgehead atoms. The molecule has 2 aromatic carbocycles. The van der Waals surface area contributed by atoms with Crippen molar-refractivity contribution >= 4 is 22.8 Å². The maximum Gasteiger partial charge on any atom is 0.270 e. The number of nitrogens with zero attached hydrogens (tertiary/aromatic N) is 3. The number of aryl methyl sites for hydroxylation is 1. The largest absolute Gasteiger partial charge is 0.493 e. The molecular weight excluding hydrogens is 446 g/mol. The number of benzene rings is 2. The fraction of sp³-hybridized carbons (Fsp3) is 0.231. The molecule has 2 N–H and O–H groups in total. The van der Waals surface area contributed by atoms with E-state index in [1.165, 1.54) is 20.3 Å². The lowest BCUT2D eigenvalue weighted by molar-refractivity contribution is 0.0847. The molecule has 0 fully saturated rings. The molecule has 0 unspecified atom stereocenters. The zero-order chi connectivity index (χ0) is 25.1. The summed E-state index contributed by atoms with van der Waals surface area (Å²) in [5.74, 6) is -0.0756. The first-order chi connectivity index (χ1) is 16.8. The molecule has 9 heteroatoms. The van der Waals surface area contributed by atoms with E-state index in [4.69, 9.17) is 14.5 Å². The topological polar surface area (TPSA) is 107 Å². The van der Waals surface area contributed by atoms with Crippen LogP contribution in [0, 0.1) is 6.92 Å². The average molecular weight is 474 g/mol. The molecule has 4 rings (SSSR count). The number of carbonyl (C=O) groups excluding carboxylic acids is 2. The van der Waals surface area contributed by atoms with Crippen molar-refractivity contribution in [3.8, 4) is 22.8 Å². The number of hydrogen-bond donors (Lipinski definition) is 2. The summed E-state index contributed by atoms with van der Waals surface area (Å²) in [5.41, 5.74) is 8.85. The van der Waals surface area contributed by atoms with E-state index < -0.39 is 11.8 Å². The van der Waals surface area contributed by atoms with E-state index in [2.05, 4.69) is 16.0 Å². The number of pyridine rings is 1. The van der Waals surface area contributed by atoms with Gasteiger partial charge in [-0.05, 0) is 45.0 Å². The van der Waals surface area contributed by atoms with Crippen LogP contribution in [0.1, 0.15) is 46.2 Å². The third-order valence-corrected chi connectivity index (χ3v) is 5.58. The van der Waals surface area contributed by atoms with Crippen LogP contribution in [0.2, 0.25) is 0 Å². The van der Waals surface area contributed by atoms with E-state index in [1.54, 1.807) is 29.1 Å². The van der Waals surface area contributed by atoms with E-state index >= 15 is 0 Å². The van der Waals surface area contributed by atoms with Crippen molar-refractivity contribution in [1.29, 1.82) is 0 Å². The number of hydrazine groups is 1. The Morgan fingerprint density at radius 2 is 1.60 bits per heavy atom. The average Bonchev–Trinajstić information content (AvgIpc) is 3.31. The van der Waals surface area contributed by atoms with E-state index in [9.17, 15) is 9.59 Å². The number of ether oxygens (including phenoxy) is 2. The Hall–Kier alpha value is -4.40. The second-order valence-electron chi connectivity index (χ2n) is 8.32. The molecule has 0 saturated heterocycles. The summed E-state index contributed by atoms with van der Waals surface area (Å²) < 4.78 is 12.2. The van der Waals surface area contributed by atoms with Gasteiger partial charge in [-0.1, -0.05) is 29.8 Å². The summed E-state index contributed by atoms with van der Waals surface area (Å²) in [6.07, 6.45) is 1.62. The van der Waals surface area contributed by atoms with Crippen LogP contribution in [0.5, 0.6) is 11.5 Å². The van der Waals surface area contributed by atoms with Gasteiger partial charge >= 0.3 is 0 Å². The van der Waals surface area contributed by atoms with Crippen molar-refractivity contribution in [2.75, 3.05) is 14.2 Å². The standard InChI is InChI=1S/C26H27N5O4/c1-15(2)31-24-20(14-27-31)19(13-21(28-24)17-8-6-16(3)7-9-17)26(33)30-29-25(32)18-10-11-22(34-4)23(12-18)35-5/h6-15H,1-5H3,(H,29,32)(H,30,33). The van der Waals surface area contributed by atoms with Gasteiger partial charge in [0.2, 0.25) is 0 Å². The predicted octanol–water partition coefficient (Wildman–Crippen LogP) is 4.08. The Labute approximate surface area is 203 Å². The number of hydrogen-bond acceptors (Lipinski definition) is 6. The van der Waals surface area contributed by atoms with E-state index in [0.717, 1.165) is 11.1 Å². The quantitative estimate of drug-likeness (QED) is 0.409. The van der Waals surface area contributed by atoms with Crippen LogP contribution >= 0.6 is 0 Å². The Morgan fingerprint density at radius 3 is 2.26 bits per heavy atom. The zero-order valence-electron chi connectivity index (χ0n) is 20.2. The maximum absolute atomic E-state index is 13.2. The van der Waals surface area contributed by atoms with Crippen molar-refractivity contribution in [2.24, 2.45) is 0 Å². The minimum atomic E-state index is -0.499. The molecule has 4 aromatic rings. The highest BCUT2D eigenvalue weighted by atomic mass is 16.5. The molecule has 180 valence electrons. The van der Waals surface area contributed by atoms with Gasteiger partial charge in [0.1, 0.15) is 0 Å². The van der Waals surface area contributed by atoms with Gasteiger partial charge in [0, 0.05) is 17.2 Å². The number of carbonyl (C=O) groups is 2. The van der Waals surface area contributed by atoms with Gasteiger partial charge in [0.05, 0.1) is 37.1 Å². The van der Waals surface area contributed by atoms with Crippen molar-refractivity contribution in [3.05, 3.63) is 71.4 Å².